The maximum Gasteiger partial charge on any atom is 2.00 e. The van der Waals surface area contributed by atoms with Gasteiger partial charge in [0.25, 0.3) is 0 Å². The molecule has 5 heteroatoms. The number of nitrogens with one attached hydrogen (secondary N) is 1. The Morgan fingerprint density at radius 1 is 1.17 bits per heavy atom. The van der Waals surface area contributed by atoms with Crippen LogP contribution in [0.2, 0.25) is 0 Å². The minimum Gasteiger partial charge on any atom is -0.860 e. The fourth-order valence-electron chi connectivity index (χ4n) is 2.17. The number of thiazole rings is 1. The molecule has 1 aromatic heterocycles. The van der Waals surface area contributed by atoms with Crippen molar-refractivity contribution < 1.29 is 22.2 Å². The zero-order valence-electron chi connectivity index (χ0n) is 13.0. The van der Waals surface area contributed by atoms with Gasteiger partial charge in [-0.1, -0.05) is 24.3 Å². The zero-order valence-corrected chi connectivity index (χ0v) is 15.0. The van der Waals surface area contributed by atoms with E-state index >= 15 is 0 Å². The number of hydrogen-bond donors (Lipinski definition) is 1. The minimum absolute atomic E-state index is 0. The Kier molecular flexibility index (Phi) is 6.50. The molecule has 1 aliphatic carbocycles. The molecule has 4 rings (SSSR count). The van der Waals surface area contributed by atoms with Crippen molar-refractivity contribution in [2.45, 2.75) is 6.92 Å². The Hall–Kier alpha value is -2.20. The summed E-state index contributed by atoms with van der Waals surface area (Å²) in [6, 6.07) is 15.8. The molecular formula is C19H16FeN2OS. The van der Waals surface area contributed by atoms with Gasteiger partial charge < -0.3 is 10.4 Å². The molecule has 3 aromatic rings. The molecule has 0 aliphatic heterocycles. The number of aromatic nitrogens is 1. The van der Waals surface area contributed by atoms with Crippen LogP contribution >= 0.6 is 11.3 Å². The van der Waals surface area contributed by atoms with E-state index in [9.17, 15) is 5.11 Å². The van der Waals surface area contributed by atoms with E-state index in [1.165, 1.54) is 0 Å². The number of aryl methyl sites for hydroxylation is 1. The van der Waals surface area contributed by atoms with E-state index in [1.807, 2.05) is 67.6 Å². The van der Waals surface area contributed by atoms with Gasteiger partial charge in [-0.3, -0.25) is 0 Å². The van der Waals surface area contributed by atoms with Crippen molar-refractivity contribution in [3.05, 3.63) is 89.3 Å². The van der Waals surface area contributed by atoms with Crippen LogP contribution < -0.4 is 10.4 Å². The average Bonchev–Trinajstić information content (AvgIpc) is 3.29. The molecule has 24 heavy (non-hydrogen) atoms. The summed E-state index contributed by atoms with van der Waals surface area (Å²) >= 11 is 1.63. The van der Waals surface area contributed by atoms with Crippen molar-refractivity contribution in [3.8, 4) is 0 Å². The van der Waals surface area contributed by atoms with E-state index in [2.05, 4.69) is 10.3 Å². The van der Waals surface area contributed by atoms with Gasteiger partial charge in [-0.2, -0.15) is 18.2 Å². The predicted molar refractivity (Wildman–Crippen MR) is 95.3 cm³/mol. The normalized spacial score (nSPS) is 11.8. The molecule has 0 atom stereocenters. The molecular weight excluding hydrogens is 360 g/mol. The van der Waals surface area contributed by atoms with E-state index in [0.717, 1.165) is 20.9 Å². The summed E-state index contributed by atoms with van der Waals surface area (Å²) in [6.07, 6.45) is 7.30. The topological polar surface area (TPSA) is 48.0 Å². The first kappa shape index (κ1) is 18.1. The minimum atomic E-state index is -0.0828. The van der Waals surface area contributed by atoms with Gasteiger partial charge in [0, 0.05) is 5.69 Å². The van der Waals surface area contributed by atoms with Crippen LogP contribution in [0.3, 0.4) is 0 Å². The number of rotatable bonds is 2. The molecule has 1 N–H and O–H groups in total. The molecule has 0 spiro atoms. The van der Waals surface area contributed by atoms with Gasteiger partial charge in [-0.15, -0.1) is 11.3 Å². The Morgan fingerprint density at radius 2 is 1.88 bits per heavy atom. The summed E-state index contributed by atoms with van der Waals surface area (Å²) < 4.78 is 1.09. The Labute approximate surface area is 155 Å². The summed E-state index contributed by atoms with van der Waals surface area (Å²) in [5.74, 6) is -0.0828. The monoisotopic (exact) mass is 376 g/mol. The summed E-state index contributed by atoms with van der Waals surface area (Å²) in [6.45, 7) is 1.98. The molecule has 2 aromatic carbocycles. The third-order valence-corrected chi connectivity index (χ3v) is 4.17. The molecule has 0 fully saturated rings. The van der Waals surface area contributed by atoms with Crippen LogP contribution in [0.25, 0.3) is 10.2 Å². The van der Waals surface area contributed by atoms with Crippen molar-refractivity contribution in [1.82, 2.24) is 4.98 Å². The molecule has 3 nitrogen and oxygen atoms in total. The van der Waals surface area contributed by atoms with E-state index in [1.54, 1.807) is 23.5 Å². The van der Waals surface area contributed by atoms with Gasteiger partial charge in [0.15, 0.2) is 0 Å². The number of benzene rings is 1. The van der Waals surface area contributed by atoms with E-state index in [4.69, 9.17) is 0 Å². The van der Waals surface area contributed by atoms with Gasteiger partial charge in [-0.25, -0.2) is 17.1 Å². The van der Waals surface area contributed by atoms with Crippen LogP contribution in [-0.4, -0.2) is 4.98 Å². The number of nitrogens with zero attached hydrogens (tertiary/aromatic N) is 1. The summed E-state index contributed by atoms with van der Waals surface area (Å²) in [7, 11) is 0. The quantitative estimate of drug-likeness (QED) is 0.416. The van der Waals surface area contributed by atoms with Crippen molar-refractivity contribution >= 4 is 27.2 Å². The van der Waals surface area contributed by atoms with Crippen molar-refractivity contribution in [2.24, 2.45) is 0 Å². The second-order valence-corrected chi connectivity index (χ2v) is 6.24. The number of allylic oxidation sites excluding steroid dienone is 5. The van der Waals surface area contributed by atoms with Crippen LogP contribution in [0.4, 0.5) is 5.69 Å². The molecule has 0 radical (unpaired) electrons. The molecule has 0 bridgehead atoms. The molecule has 0 unspecified atom stereocenters. The second-order valence-electron chi connectivity index (χ2n) is 5.01. The van der Waals surface area contributed by atoms with Crippen LogP contribution in [0, 0.1) is 6.92 Å². The molecule has 1 aliphatic rings. The first-order valence-corrected chi connectivity index (χ1v) is 8.11. The number of hydrogen-bond acceptors (Lipinski definition) is 4. The maximum absolute atomic E-state index is 11.9. The van der Waals surface area contributed by atoms with Crippen LogP contribution in [0.15, 0.2) is 84.3 Å². The summed E-state index contributed by atoms with van der Waals surface area (Å²) in [5.41, 5.74) is 2.46. The Bertz CT molecular complexity index is 845. The Morgan fingerprint density at radius 3 is 2.50 bits per heavy atom. The van der Waals surface area contributed by atoms with Gasteiger partial charge in [-0.05, 0) is 36.6 Å². The number of anilines is 1. The van der Waals surface area contributed by atoms with Gasteiger partial charge in [0.1, 0.15) is 0 Å². The van der Waals surface area contributed by atoms with E-state index < -0.39 is 0 Å². The molecule has 122 valence electrons. The summed E-state index contributed by atoms with van der Waals surface area (Å²) in [5, 5.41) is 15.8. The fraction of sp³-hybridized carbons (Fsp3) is 0.0526. The van der Waals surface area contributed by atoms with Crippen molar-refractivity contribution in [2.75, 3.05) is 5.32 Å². The summed E-state index contributed by atoms with van der Waals surface area (Å²) in [4.78, 5) is 4.39. The van der Waals surface area contributed by atoms with Crippen LogP contribution in [0.1, 0.15) is 5.01 Å². The van der Waals surface area contributed by atoms with E-state index in [0.29, 0.717) is 5.57 Å². The zero-order chi connectivity index (χ0) is 16.1. The van der Waals surface area contributed by atoms with Crippen LogP contribution in [0.5, 0.6) is 0 Å². The van der Waals surface area contributed by atoms with Crippen molar-refractivity contribution in [3.63, 3.8) is 0 Å². The first-order valence-electron chi connectivity index (χ1n) is 7.29. The molecule has 0 saturated carbocycles. The predicted octanol–water partition coefficient (Wildman–Crippen LogP) is 4.12. The van der Waals surface area contributed by atoms with Gasteiger partial charge >= 0.3 is 17.1 Å². The third kappa shape index (κ3) is 4.65. The average molecular weight is 376 g/mol. The molecule has 1 heterocycles. The third-order valence-electron chi connectivity index (χ3n) is 3.23. The SMILES string of the molecule is Cc1nc2ccc(NC([O-])=C3C=CC=C3)cc2s1.[Fe+2].c1cc[cH-]c1. The maximum atomic E-state index is 11.9. The van der Waals surface area contributed by atoms with Crippen LogP contribution in [-0.2, 0) is 17.1 Å². The second kappa shape index (κ2) is 8.60. The molecule has 0 amide bonds. The smallest absolute Gasteiger partial charge is 0.860 e. The first-order chi connectivity index (χ1) is 11.2. The number of fused-ring (bicyclic) bond motifs is 1. The van der Waals surface area contributed by atoms with Gasteiger partial charge in [0.2, 0.25) is 0 Å². The largest absolute Gasteiger partial charge is 2.00 e. The molecule has 0 saturated heterocycles. The standard InChI is InChI=1S/C14H12N2OS.C5H5.Fe/c1-9-15-12-7-6-11(8-13(12)18-9)16-14(17)10-4-2-3-5-10;1-2-4-5-3-1;/h2-8,16-17H,1H3;1-5H;/q;-1;+2/p-1. The fourth-order valence-corrected chi connectivity index (χ4v) is 3.03. The van der Waals surface area contributed by atoms with Gasteiger partial charge in [0.05, 0.1) is 15.2 Å². The van der Waals surface area contributed by atoms with E-state index in [-0.39, 0.29) is 23.0 Å². The Balaban J connectivity index is 0.000000300. The van der Waals surface area contributed by atoms with Crippen molar-refractivity contribution in [1.29, 1.82) is 0 Å².